The summed E-state index contributed by atoms with van der Waals surface area (Å²) in [5.74, 6) is -0.333. The normalized spacial score (nSPS) is 12.4. The van der Waals surface area contributed by atoms with E-state index < -0.39 is 0 Å². The zero-order chi connectivity index (χ0) is 13.8. The molecule has 0 radical (unpaired) electrons. The summed E-state index contributed by atoms with van der Waals surface area (Å²) in [6, 6.07) is 11.9. The summed E-state index contributed by atoms with van der Waals surface area (Å²) in [4.78, 5) is 0. The van der Waals surface area contributed by atoms with E-state index in [9.17, 15) is 4.39 Å². The SMILES string of the molecule is CCNC(c1ccc(Cl)cc1)c1ccc(F)cc1Cl. The summed E-state index contributed by atoms with van der Waals surface area (Å²) in [6.07, 6.45) is 0. The fourth-order valence-corrected chi connectivity index (χ4v) is 2.40. The van der Waals surface area contributed by atoms with Gasteiger partial charge in [-0.25, -0.2) is 4.39 Å². The van der Waals surface area contributed by atoms with Crippen molar-refractivity contribution in [1.29, 1.82) is 0 Å². The monoisotopic (exact) mass is 297 g/mol. The Bertz CT molecular complexity index is 555. The Balaban J connectivity index is 2.41. The van der Waals surface area contributed by atoms with E-state index in [4.69, 9.17) is 23.2 Å². The predicted octanol–water partition coefficient (Wildman–Crippen LogP) is 4.83. The lowest BCUT2D eigenvalue weighted by molar-refractivity contribution is 0.614. The van der Waals surface area contributed by atoms with Gasteiger partial charge in [0.2, 0.25) is 0 Å². The first-order valence-electron chi connectivity index (χ1n) is 6.05. The van der Waals surface area contributed by atoms with Crippen LogP contribution < -0.4 is 5.32 Å². The molecule has 0 aliphatic carbocycles. The number of hydrogen-bond acceptors (Lipinski definition) is 1. The van der Waals surface area contributed by atoms with Crippen LogP contribution in [0.3, 0.4) is 0 Å². The Morgan fingerprint density at radius 2 is 1.79 bits per heavy atom. The molecule has 1 N–H and O–H groups in total. The van der Waals surface area contributed by atoms with Gasteiger partial charge in [0.05, 0.1) is 6.04 Å². The lowest BCUT2D eigenvalue weighted by atomic mass is 9.98. The molecule has 0 saturated heterocycles. The molecule has 0 heterocycles. The largest absolute Gasteiger partial charge is 0.306 e. The molecule has 0 aliphatic heterocycles. The third kappa shape index (κ3) is 3.47. The van der Waals surface area contributed by atoms with Crippen LogP contribution in [0.1, 0.15) is 24.1 Å². The second kappa shape index (κ2) is 6.38. The van der Waals surface area contributed by atoms with Crippen molar-refractivity contribution in [3.05, 3.63) is 69.5 Å². The lowest BCUT2D eigenvalue weighted by Gasteiger charge is -2.20. The van der Waals surface area contributed by atoms with Crippen molar-refractivity contribution in [2.75, 3.05) is 6.54 Å². The number of nitrogens with one attached hydrogen (secondary N) is 1. The zero-order valence-corrected chi connectivity index (χ0v) is 12.0. The molecule has 0 aliphatic rings. The molecule has 4 heteroatoms. The zero-order valence-electron chi connectivity index (χ0n) is 10.5. The first-order valence-corrected chi connectivity index (χ1v) is 6.81. The highest BCUT2D eigenvalue weighted by atomic mass is 35.5. The van der Waals surface area contributed by atoms with Crippen LogP contribution in [0.25, 0.3) is 0 Å². The molecule has 0 bridgehead atoms. The van der Waals surface area contributed by atoms with Gasteiger partial charge in [-0.15, -0.1) is 0 Å². The number of rotatable bonds is 4. The van der Waals surface area contributed by atoms with E-state index in [0.29, 0.717) is 10.0 Å². The molecule has 0 fully saturated rings. The van der Waals surface area contributed by atoms with Crippen molar-refractivity contribution in [2.24, 2.45) is 0 Å². The number of benzene rings is 2. The van der Waals surface area contributed by atoms with Gasteiger partial charge in [0.1, 0.15) is 5.82 Å². The van der Waals surface area contributed by atoms with Gasteiger partial charge < -0.3 is 5.32 Å². The molecule has 1 unspecified atom stereocenters. The van der Waals surface area contributed by atoms with Crippen molar-refractivity contribution in [2.45, 2.75) is 13.0 Å². The van der Waals surface area contributed by atoms with Gasteiger partial charge in [-0.05, 0) is 41.9 Å². The second-order valence-electron chi connectivity index (χ2n) is 4.21. The van der Waals surface area contributed by atoms with Crippen LogP contribution in [0.5, 0.6) is 0 Å². The van der Waals surface area contributed by atoms with Crippen molar-refractivity contribution in [3.63, 3.8) is 0 Å². The molecule has 1 nitrogen and oxygen atoms in total. The molecule has 0 spiro atoms. The van der Waals surface area contributed by atoms with E-state index >= 15 is 0 Å². The third-order valence-electron chi connectivity index (χ3n) is 2.89. The fourth-order valence-electron chi connectivity index (χ4n) is 2.00. The number of hydrogen-bond donors (Lipinski definition) is 1. The molecule has 0 aromatic heterocycles. The molecule has 19 heavy (non-hydrogen) atoms. The highest BCUT2D eigenvalue weighted by Crippen LogP contribution is 2.29. The standard InChI is InChI=1S/C15H14Cl2FN/c1-2-19-15(10-3-5-11(16)6-4-10)13-8-7-12(18)9-14(13)17/h3-9,15,19H,2H2,1H3. The van der Waals surface area contributed by atoms with Crippen LogP contribution in [0.15, 0.2) is 42.5 Å². The molecule has 100 valence electrons. The Kier molecular flexibility index (Phi) is 4.81. The van der Waals surface area contributed by atoms with Gasteiger partial charge in [0.15, 0.2) is 0 Å². The van der Waals surface area contributed by atoms with E-state index in [0.717, 1.165) is 17.7 Å². The van der Waals surface area contributed by atoms with Crippen LogP contribution in [-0.2, 0) is 0 Å². The smallest absolute Gasteiger partial charge is 0.124 e. The Morgan fingerprint density at radius 3 is 2.37 bits per heavy atom. The van der Waals surface area contributed by atoms with Gasteiger partial charge in [0.25, 0.3) is 0 Å². The van der Waals surface area contributed by atoms with Gasteiger partial charge in [-0.2, -0.15) is 0 Å². The molecule has 2 aromatic carbocycles. The van der Waals surface area contributed by atoms with E-state index in [-0.39, 0.29) is 11.9 Å². The minimum absolute atomic E-state index is 0.0737. The maximum atomic E-state index is 13.1. The summed E-state index contributed by atoms with van der Waals surface area (Å²) in [6.45, 7) is 2.79. The molecule has 2 rings (SSSR count). The molecule has 0 saturated carbocycles. The van der Waals surface area contributed by atoms with E-state index in [1.165, 1.54) is 12.1 Å². The van der Waals surface area contributed by atoms with Crippen molar-refractivity contribution < 1.29 is 4.39 Å². The Morgan fingerprint density at radius 1 is 1.11 bits per heavy atom. The van der Waals surface area contributed by atoms with E-state index in [2.05, 4.69) is 5.32 Å². The lowest BCUT2D eigenvalue weighted by Crippen LogP contribution is -2.22. The number of halogens is 3. The fraction of sp³-hybridized carbons (Fsp3) is 0.200. The second-order valence-corrected chi connectivity index (χ2v) is 5.05. The third-order valence-corrected chi connectivity index (χ3v) is 3.46. The predicted molar refractivity (Wildman–Crippen MR) is 78.4 cm³/mol. The van der Waals surface area contributed by atoms with Gasteiger partial charge in [-0.3, -0.25) is 0 Å². The van der Waals surface area contributed by atoms with Gasteiger partial charge in [0, 0.05) is 10.0 Å². The van der Waals surface area contributed by atoms with Crippen LogP contribution in [0.4, 0.5) is 4.39 Å². The van der Waals surface area contributed by atoms with Crippen LogP contribution in [0, 0.1) is 5.82 Å². The Hall–Kier alpha value is -1.09. The average Bonchev–Trinajstić information content (AvgIpc) is 2.38. The van der Waals surface area contributed by atoms with Crippen LogP contribution >= 0.6 is 23.2 Å². The maximum Gasteiger partial charge on any atom is 0.124 e. The molecular formula is C15H14Cl2FN. The topological polar surface area (TPSA) is 12.0 Å². The summed E-state index contributed by atoms with van der Waals surface area (Å²) < 4.78 is 13.1. The summed E-state index contributed by atoms with van der Waals surface area (Å²) in [5, 5.41) is 4.45. The molecule has 0 amide bonds. The molecule has 2 aromatic rings. The van der Waals surface area contributed by atoms with Crippen LogP contribution in [-0.4, -0.2) is 6.54 Å². The van der Waals surface area contributed by atoms with E-state index in [1.807, 2.05) is 31.2 Å². The highest BCUT2D eigenvalue weighted by molar-refractivity contribution is 6.31. The van der Waals surface area contributed by atoms with Gasteiger partial charge in [-0.1, -0.05) is 48.3 Å². The molecular weight excluding hydrogens is 284 g/mol. The molecule has 1 atom stereocenters. The van der Waals surface area contributed by atoms with E-state index in [1.54, 1.807) is 6.07 Å². The highest BCUT2D eigenvalue weighted by Gasteiger charge is 2.16. The van der Waals surface area contributed by atoms with Crippen molar-refractivity contribution in [3.8, 4) is 0 Å². The first kappa shape index (κ1) is 14.3. The summed E-state index contributed by atoms with van der Waals surface area (Å²) in [7, 11) is 0. The van der Waals surface area contributed by atoms with Crippen LogP contribution in [0.2, 0.25) is 10.0 Å². The van der Waals surface area contributed by atoms with Crippen molar-refractivity contribution in [1.82, 2.24) is 5.32 Å². The summed E-state index contributed by atoms with van der Waals surface area (Å²) in [5.41, 5.74) is 1.90. The quantitative estimate of drug-likeness (QED) is 0.852. The maximum absolute atomic E-state index is 13.1. The minimum Gasteiger partial charge on any atom is -0.306 e. The minimum atomic E-state index is -0.333. The van der Waals surface area contributed by atoms with Crippen molar-refractivity contribution >= 4 is 23.2 Å². The van der Waals surface area contributed by atoms with Gasteiger partial charge >= 0.3 is 0 Å². The first-order chi connectivity index (χ1) is 9.11. The summed E-state index contributed by atoms with van der Waals surface area (Å²) >= 11 is 12.0. The average molecular weight is 298 g/mol. The Labute approximate surface area is 122 Å².